The Kier molecular flexibility index (Phi) is 5.17. The molecule has 0 aliphatic rings. The molecular formula is C9H17NO2. The number of carbonyl (C=O) groups is 1. The van der Waals surface area contributed by atoms with Crippen LogP contribution in [-0.4, -0.2) is 17.1 Å². The third kappa shape index (κ3) is 4.77. The van der Waals surface area contributed by atoms with Crippen LogP contribution >= 0.6 is 0 Å². The Morgan fingerprint density at radius 3 is 2.50 bits per heavy atom. The van der Waals surface area contributed by atoms with E-state index in [1.54, 1.807) is 0 Å². The number of nitrogens with one attached hydrogen (secondary N) is 1. The molecular weight excluding hydrogens is 154 g/mol. The van der Waals surface area contributed by atoms with Gasteiger partial charge in [0.25, 0.3) is 0 Å². The molecule has 0 amide bonds. The topological polar surface area (TPSA) is 49.3 Å². The van der Waals surface area contributed by atoms with Gasteiger partial charge in [0, 0.05) is 0 Å². The number of aliphatic carboxylic acids is 1. The molecule has 70 valence electrons. The number of carboxylic acids is 1. The fourth-order valence-electron chi connectivity index (χ4n) is 0.920. The lowest BCUT2D eigenvalue weighted by molar-refractivity contribution is -0.139. The van der Waals surface area contributed by atoms with Crippen molar-refractivity contribution in [1.82, 2.24) is 5.32 Å². The SMILES string of the molecule is C=CNC(CCC(C)C)C(=O)O. The molecule has 0 aliphatic heterocycles. The maximum absolute atomic E-state index is 10.6. The van der Waals surface area contributed by atoms with E-state index in [-0.39, 0.29) is 0 Å². The van der Waals surface area contributed by atoms with Crippen molar-refractivity contribution in [2.45, 2.75) is 32.7 Å². The second-order valence-electron chi connectivity index (χ2n) is 3.23. The van der Waals surface area contributed by atoms with Gasteiger partial charge in [-0.1, -0.05) is 20.4 Å². The van der Waals surface area contributed by atoms with E-state index in [0.29, 0.717) is 12.3 Å². The first-order chi connectivity index (χ1) is 5.57. The van der Waals surface area contributed by atoms with Crippen LogP contribution in [0.15, 0.2) is 12.8 Å². The van der Waals surface area contributed by atoms with E-state index < -0.39 is 12.0 Å². The number of carboxylic acid groups (broad SMARTS) is 1. The Balaban J connectivity index is 3.78. The molecule has 0 radical (unpaired) electrons. The van der Waals surface area contributed by atoms with Gasteiger partial charge in [0.05, 0.1) is 0 Å². The molecule has 0 heterocycles. The van der Waals surface area contributed by atoms with Crippen molar-refractivity contribution < 1.29 is 9.90 Å². The largest absolute Gasteiger partial charge is 0.480 e. The van der Waals surface area contributed by atoms with Crippen molar-refractivity contribution in [1.29, 1.82) is 0 Å². The molecule has 1 atom stereocenters. The zero-order valence-electron chi connectivity index (χ0n) is 7.71. The molecule has 0 rings (SSSR count). The van der Waals surface area contributed by atoms with Gasteiger partial charge in [-0.05, 0) is 25.0 Å². The summed E-state index contributed by atoms with van der Waals surface area (Å²) in [7, 11) is 0. The van der Waals surface area contributed by atoms with E-state index >= 15 is 0 Å². The van der Waals surface area contributed by atoms with Crippen molar-refractivity contribution in [3.63, 3.8) is 0 Å². The Hall–Kier alpha value is -0.990. The predicted octanol–water partition coefficient (Wildman–Crippen LogP) is 1.61. The fraction of sp³-hybridized carbons (Fsp3) is 0.667. The van der Waals surface area contributed by atoms with Crippen LogP contribution in [0.2, 0.25) is 0 Å². The van der Waals surface area contributed by atoms with Crippen LogP contribution in [0.1, 0.15) is 26.7 Å². The first-order valence-corrected chi connectivity index (χ1v) is 4.17. The summed E-state index contributed by atoms with van der Waals surface area (Å²) in [5.74, 6) is -0.269. The molecule has 1 unspecified atom stereocenters. The van der Waals surface area contributed by atoms with Crippen LogP contribution in [0.25, 0.3) is 0 Å². The monoisotopic (exact) mass is 171 g/mol. The maximum atomic E-state index is 10.6. The third-order valence-electron chi connectivity index (χ3n) is 1.65. The molecule has 0 aromatic carbocycles. The molecule has 3 heteroatoms. The summed E-state index contributed by atoms with van der Waals surface area (Å²) in [6.07, 6.45) is 3.00. The zero-order valence-corrected chi connectivity index (χ0v) is 7.71. The molecule has 0 saturated carbocycles. The molecule has 2 N–H and O–H groups in total. The summed E-state index contributed by atoms with van der Waals surface area (Å²) in [5, 5.41) is 11.4. The predicted molar refractivity (Wildman–Crippen MR) is 48.8 cm³/mol. The molecule has 0 saturated heterocycles. The van der Waals surface area contributed by atoms with Crippen molar-refractivity contribution >= 4 is 5.97 Å². The Labute approximate surface area is 73.5 Å². The van der Waals surface area contributed by atoms with Crippen LogP contribution in [0.4, 0.5) is 0 Å². The average molecular weight is 171 g/mol. The van der Waals surface area contributed by atoms with Crippen LogP contribution in [0, 0.1) is 5.92 Å². The third-order valence-corrected chi connectivity index (χ3v) is 1.65. The lowest BCUT2D eigenvalue weighted by Crippen LogP contribution is -2.33. The minimum atomic E-state index is -0.810. The minimum absolute atomic E-state index is 0.482. The average Bonchev–Trinajstić information content (AvgIpc) is 1.96. The number of rotatable bonds is 6. The summed E-state index contributed by atoms with van der Waals surface area (Å²) in [6.45, 7) is 7.59. The molecule has 0 spiro atoms. The maximum Gasteiger partial charge on any atom is 0.326 e. The van der Waals surface area contributed by atoms with Crippen molar-refractivity contribution in [3.05, 3.63) is 12.8 Å². The van der Waals surface area contributed by atoms with Gasteiger partial charge in [0.2, 0.25) is 0 Å². The van der Waals surface area contributed by atoms with Crippen LogP contribution in [0.5, 0.6) is 0 Å². The molecule has 12 heavy (non-hydrogen) atoms. The van der Waals surface area contributed by atoms with Gasteiger partial charge in [-0.2, -0.15) is 0 Å². The number of hydrogen-bond acceptors (Lipinski definition) is 2. The highest BCUT2D eigenvalue weighted by atomic mass is 16.4. The first kappa shape index (κ1) is 11.0. The van der Waals surface area contributed by atoms with Gasteiger partial charge < -0.3 is 10.4 Å². The van der Waals surface area contributed by atoms with Crippen LogP contribution < -0.4 is 5.32 Å². The lowest BCUT2D eigenvalue weighted by atomic mass is 10.0. The smallest absolute Gasteiger partial charge is 0.326 e. The summed E-state index contributed by atoms with van der Waals surface area (Å²) >= 11 is 0. The van der Waals surface area contributed by atoms with Crippen LogP contribution in [0.3, 0.4) is 0 Å². The summed E-state index contributed by atoms with van der Waals surface area (Å²) < 4.78 is 0. The van der Waals surface area contributed by atoms with E-state index in [4.69, 9.17) is 5.11 Å². The molecule has 0 aromatic rings. The summed E-state index contributed by atoms with van der Waals surface area (Å²) in [5.41, 5.74) is 0. The van der Waals surface area contributed by atoms with E-state index in [1.165, 1.54) is 6.20 Å². The second kappa shape index (κ2) is 5.63. The second-order valence-corrected chi connectivity index (χ2v) is 3.23. The standard InChI is InChI=1S/C9H17NO2/c1-4-10-8(9(11)12)6-5-7(2)3/h4,7-8,10H,1,5-6H2,2-3H3,(H,11,12). The quantitative estimate of drug-likeness (QED) is 0.638. The summed E-state index contributed by atoms with van der Waals surface area (Å²) in [4.78, 5) is 10.6. The fourth-order valence-corrected chi connectivity index (χ4v) is 0.920. The highest BCUT2D eigenvalue weighted by Crippen LogP contribution is 2.06. The normalized spacial score (nSPS) is 12.6. The molecule has 0 bridgehead atoms. The molecule has 0 aliphatic carbocycles. The highest BCUT2D eigenvalue weighted by molar-refractivity contribution is 5.73. The van der Waals surface area contributed by atoms with E-state index in [9.17, 15) is 4.79 Å². The molecule has 3 nitrogen and oxygen atoms in total. The van der Waals surface area contributed by atoms with Crippen molar-refractivity contribution in [2.24, 2.45) is 5.92 Å². The Morgan fingerprint density at radius 1 is 1.58 bits per heavy atom. The first-order valence-electron chi connectivity index (χ1n) is 4.17. The van der Waals surface area contributed by atoms with Gasteiger partial charge in [0.1, 0.15) is 6.04 Å². The Bertz CT molecular complexity index is 155. The van der Waals surface area contributed by atoms with Crippen molar-refractivity contribution in [2.75, 3.05) is 0 Å². The van der Waals surface area contributed by atoms with Crippen LogP contribution in [-0.2, 0) is 4.79 Å². The summed E-state index contributed by atoms with van der Waals surface area (Å²) in [6, 6.07) is -0.482. The Morgan fingerprint density at radius 2 is 2.17 bits per heavy atom. The molecule has 0 fully saturated rings. The highest BCUT2D eigenvalue weighted by Gasteiger charge is 2.14. The number of hydrogen-bond donors (Lipinski definition) is 2. The van der Waals surface area contributed by atoms with Gasteiger partial charge >= 0.3 is 5.97 Å². The van der Waals surface area contributed by atoms with Gasteiger partial charge in [-0.15, -0.1) is 0 Å². The van der Waals surface area contributed by atoms with E-state index in [1.807, 2.05) is 0 Å². The van der Waals surface area contributed by atoms with E-state index in [2.05, 4.69) is 25.7 Å². The van der Waals surface area contributed by atoms with Gasteiger partial charge in [-0.25, -0.2) is 4.79 Å². The van der Waals surface area contributed by atoms with Gasteiger partial charge in [-0.3, -0.25) is 0 Å². The zero-order chi connectivity index (χ0) is 9.56. The lowest BCUT2D eigenvalue weighted by Gasteiger charge is -2.13. The van der Waals surface area contributed by atoms with Crippen molar-refractivity contribution in [3.8, 4) is 0 Å². The minimum Gasteiger partial charge on any atom is -0.480 e. The van der Waals surface area contributed by atoms with Gasteiger partial charge in [0.15, 0.2) is 0 Å². The molecule has 0 aromatic heterocycles. The van der Waals surface area contributed by atoms with E-state index in [0.717, 1.165) is 6.42 Å².